The average Bonchev–Trinajstić information content (AvgIpc) is 3.83. The van der Waals surface area contributed by atoms with Crippen molar-refractivity contribution in [2.75, 3.05) is 0 Å². The Morgan fingerprint density at radius 2 is 0.966 bits per heavy atom. The molecule has 1 aliphatic rings. The first-order valence-corrected chi connectivity index (χ1v) is 19.9. The van der Waals surface area contributed by atoms with E-state index in [1.54, 1.807) is 0 Å². The minimum absolute atomic E-state index is 0.110. The van der Waals surface area contributed by atoms with E-state index < -0.39 is 0 Å². The van der Waals surface area contributed by atoms with E-state index in [0.717, 1.165) is 72.5 Å². The van der Waals surface area contributed by atoms with Gasteiger partial charge in [-0.15, -0.1) is 0 Å². The highest BCUT2D eigenvalue weighted by Gasteiger charge is 2.35. The van der Waals surface area contributed by atoms with E-state index in [2.05, 4.69) is 188 Å². The van der Waals surface area contributed by atoms with Crippen LogP contribution in [0.5, 0.6) is 0 Å². The highest BCUT2D eigenvalue weighted by molar-refractivity contribution is 6.13. The molecule has 0 saturated carbocycles. The zero-order chi connectivity index (χ0) is 38.8. The number of rotatable bonds is 6. The van der Waals surface area contributed by atoms with Crippen LogP contribution in [0.1, 0.15) is 25.0 Å². The summed E-state index contributed by atoms with van der Waals surface area (Å²) in [7, 11) is 0. The van der Waals surface area contributed by atoms with Gasteiger partial charge in [-0.3, -0.25) is 0 Å². The van der Waals surface area contributed by atoms with Crippen LogP contribution in [0.25, 0.3) is 94.8 Å². The molecule has 0 radical (unpaired) electrons. The summed E-state index contributed by atoms with van der Waals surface area (Å²) in [5.74, 6) is 0.705. The lowest BCUT2D eigenvalue weighted by Gasteiger charge is -2.22. The van der Waals surface area contributed by atoms with Crippen LogP contribution in [0.3, 0.4) is 0 Å². The number of pyridine rings is 1. The lowest BCUT2D eigenvalue weighted by atomic mass is 9.82. The fourth-order valence-corrected chi connectivity index (χ4v) is 9.03. The molecule has 3 aromatic heterocycles. The third-order valence-corrected chi connectivity index (χ3v) is 11.9. The van der Waals surface area contributed by atoms with Gasteiger partial charge in [-0.25, -0.2) is 14.5 Å². The molecule has 0 aliphatic heterocycles. The van der Waals surface area contributed by atoms with Gasteiger partial charge < -0.3 is 0 Å². The predicted molar refractivity (Wildman–Crippen MR) is 238 cm³/mol. The monoisotopic (exact) mass is 742 g/mol. The summed E-state index contributed by atoms with van der Waals surface area (Å²) in [6, 6.07) is 66.8. The van der Waals surface area contributed by atoms with Crippen molar-refractivity contribution in [2.24, 2.45) is 0 Å². The standard InChI is InChI=1S/C54H38N4/c1-54(2)46-25-15-14-22-41(46)42-31-30-40(32-47(42)54)49-33-48(56-53(57-49)39-20-10-5-11-21-39)36-26-28-37(29-27-36)50-43-23-12-13-24-44(43)52-45(35-16-6-3-7-17-35)34-55-58(52)51(50)38-18-8-4-9-19-38/h3-34H,1-2H3. The molecule has 0 spiro atoms. The van der Waals surface area contributed by atoms with Crippen LogP contribution in [-0.2, 0) is 5.41 Å². The molecule has 58 heavy (non-hydrogen) atoms. The quantitative estimate of drug-likeness (QED) is 0.170. The van der Waals surface area contributed by atoms with Crippen LogP contribution in [0.15, 0.2) is 194 Å². The third kappa shape index (κ3) is 5.41. The molecule has 0 bridgehead atoms. The number of nitrogens with zero attached hydrogens (tertiary/aromatic N) is 4. The van der Waals surface area contributed by atoms with Gasteiger partial charge in [0.1, 0.15) is 0 Å². The number of fused-ring (bicyclic) bond motifs is 6. The molecule has 0 unspecified atom stereocenters. The van der Waals surface area contributed by atoms with Crippen molar-refractivity contribution in [2.45, 2.75) is 19.3 Å². The largest absolute Gasteiger partial charge is 0.231 e. The van der Waals surface area contributed by atoms with Gasteiger partial charge in [0.05, 0.1) is 28.8 Å². The predicted octanol–water partition coefficient (Wildman–Crippen LogP) is 13.6. The zero-order valence-corrected chi connectivity index (χ0v) is 32.3. The van der Waals surface area contributed by atoms with Crippen LogP contribution in [0.2, 0.25) is 0 Å². The lowest BCUT2D eigenvalue weighted by molar-refractivity contribution is 0.660. The maximum absolute atomic E-state index is 5.20. The number of aromatic nitrogens is 4. The normalized spacial score (nSPS) is 12.8. The highest BCUT2D eigenvalue weighted by Crippen LogP contribution is 2.50. The summed E-state index contributed by atoms with van der Waals surface area (Å²) in [5.41, 5.74) is 17.8. The van der Waals surface area contributed by atoms with Crippen LogP contribution in [0.4, 0.5) is 0 Å². The van der Waals surface area contributed by atoms with Crippen molar-refractivity contribution >= 4 is 16.3 Å². The third-order valence-electron chi connectivity index (χ3n) is 11.9. The molecule has 1 aliphatic carbocycles. The second kappa shape index (κ2) is 13.4. The molecular weight excluding hydrogens is 705 g/mol. The Kier molecular flexibility index (Phi) is 7.80. The molecule has 7 aromatic carbocycles. The van der Waals surface area contributed by atoms with Gasteiger partial charge >= 0.3 is 0 Å². The Hall–Kier alpha value is -7.43. The van der Waals surface area contributed by atoms with E-state index in [0.29, 0.717) is 5.82 Å². The number of hydrogen-bond donors (Lipinski definition) is 0. The summed E-state index contributed by atoms with van der Waals surface area (Å²) < 4.78 is 2.14. The fraction of sp³-hybridized carbons (Fsp3) is 0.0556. The van der Waals surface area contributed by atoms with E-state index in [1.165, 1.54) is 27.6 Å². The first-order valence-electron chi connectivity index (χ1n) is 19.9. The van der Waals surface area contributed by atoms with Gasteiger partial charge in [0.25, 0.3) is 0 Å². The molecule has 11 rings (SSSR count). The molecule has 0 saturated heterocycles. The van der Waals surface area contributed by atoms with Crippen molar-refractivity contribution < 1.29 is 0 Å². The van der Waals surface area contributed by atoms with Gasteiger partial charge in [0.2, 0.25) is 0 Å². The number of hydrogen-bond acceptors (Lipinski definition) is 3. The summed E-state index contributed by atoms with van der Waals surface area (Å²) in [4.78, 5) is 10.4. The Bertz CT molecular complexity index is 3160. The molecule has 4 nitrogen and oxygen atoms in total. The Balaban J connectivity index is 1.07. The SMILES string of the molecule is CC1(C)c2ccccc2-c2ccc(-c3cc(-c4ccc(-c5c(-c6ccccc6)n6ncc(-c7ccccc7)c6c6ccccc56)cc4)nc(-c4ccccc4)n3)cc21. The molecule has 0 amide bonds. The summed E-state index contributed by atoms with van der Waals surface area (Å²) in [5, 5.41) is 7.43. The van der Waals surface area contributed by atoms with Crippen LogP contribution < -0.4 is 0 Å². The minimum atomic E-state index is -0.110. The van der Waals surface area contributed by atoms with E-state index >= 15 is 0 Å². The Morgan fingerprint density at radius 1 is 0.414 bits per heavy atom. The second-order valence-corrected chi connectivity index (χ2v) is 15.7. The Morgan fingerprint density at radius 3 is 1.69 bits per heavy atom. The zero-order valence-electron chi connectivity index (χ0n) is 32.3. The van der Waals surface area contributed by atoms with E-state index in [-0.39, 0.29) is 5.41 Å². The van der Waals surface area contributed by atoms with Gasteiger partial charge in [-0.2, -0.15) is 5.10 Å². The molecular formula is C54H38N4. The summed E-state index contributed by atoms with van der Waals surface area (Å²) in [6.07, 6.45) is 2.01. The summed E-state index contributed by atoms with van der Waals surface area (Å²) >= 11 is 0. The fourth-order valence-electron chi connectivity index (χ4n) is 9.03. The smallest absolute Gasteiger partial charge is 0.160 e. The summed E-state index contributed by atoms with van der Waals surface area (Å²) in [6.45, 7) is 4.64. The molecule has 0 atom stereocenters. The van der Waals surface area contributed by atoms with Crippen molar-refractivity contribution in [3.05, 3.63) is 205 Å². The molecule has 10 aromatic rings. The average molecular weight is 743 g/mol. The van der Waals surface area contributed by atoms with Crippen LogP contribution in [0, 0.1) is 0 Å². The van der Waals surface area contributed by atoms with E-state index in [9.17, 15) is 0 Å². The molecule has 3 heterocycles. The van der Waals surface area contributed by atoms with E-state index in [1.807, 2.05) is 24.4 Å². The first-order chi connectivity index (χ1) is 28.5. The van der Waals surface area contributed by atoms with Gasteiger partial charge in [-0.05, 0) is 50.9 Å². The van der Waals surface area contributed by atoms with Crippen LogP contribution >= 0.6 is 0 Å². The molecule has 4 heteroatoms. The van der Waals surface area contributed by atoms with Crippen molar-refractivity contribution in [3.8, 4) is 78.5 Å². The lowest BCUT2D eigenvalue weighted by Crippen LogP contribution is -2.14. The maximum atomic E-state index is 5.20. The van der Waals surface area contributed by atoms with Crippen molar-refractivity contribution in [1.29, 1.82) is 0 Å². The molecule has 0 fully saturated rings. The molecule has 0 N–H and O–H groups in total. The van der Waals surface area contributed by atoms with Crippen LogP contribution in [-0.4, -0.2) is 19.6 Å². The Labute approximate surface area is 337 Å². The topological polar surface area (TPSA) is 43.1 Å². The van der Waals surface area contributed by atoms with E-state index in [4.69, 9.17) is 15.1 Å². The second-order valence-electron chi connectivity index (χ2n) is 15.7. The van der Waals surface area contributed by atoms with Crippen molar-refractivity contribution in [3.63, 3.8) is 0 Å². The van der Waals surface area contributed by atoms with Crippen molar-refractivity contribution in [1.82, 2.24) is 19.6 Å². The highest BCUT2D eigenvalue weighted by atomic mass is 15.2. The van der Waals surface area contributed by atoms with Gasteiger partial charge in [0.15, 0.2) is 5.82 Å². The first kappa shape index (κ1) is 33.9. The maximum Gasteiger partial charge on any atom is 0.160 e. The van der Waals surface area contributed by atoms with Gasteiger partial charge in [0, 0.05) is 44.2 Å². The number of benzene rings is 7. The molecule has 274 valence electrons. The van der Waals surface area contributed by atoms with Gasteiger partial charge in [-0.1, -0.05) is 190 Å². The minimum Gasteiger partial charge on any atom is -0.231 e.